The van der Waals surface area contributed by atoms with Crippen molar-refractivity contribution < 1.29 is 4.79 Å². The van der Waals surface area contributed by atoms with Crippen LogP contribution in [-0.4, -0.2) is 6.29 Å². The Hall–Kier alpha value is -3.27. The van der Waals surface area contributed by atoms with E-state index < -0.39 is 0 Å². The Morgan fingerprint density at radius 3 is 1.67 bits per heavy atom. The van der Waals surface area contributed by atoms with E-state index in [4.69, 9.17) is 0 Å². The molecule has 0 spiro atoms. The quantitative estimate of drug-likeness (QED) is 0.239. The molecule has 6 rings (SSSR count). The van der Waals surface area contributed by atoms with Crippen molar-refractivity contribution in [2.24, 2.45) is 0 Å². The van der Waals surface area contributed by atoms with Gasteiger partial charge in [0.05, 0.1) is 4.88 Å². The lowest BCUT2D eigenvalue weighted by Gasteiger charge is -2.18. The molecular formula is C30H22OS2. The standard InChI is InChI=1S/C30H22OS2/c1-18-13-25(23-11-7-3-5-9-21(18)23)30(29-16-28-27(33-29)15-20(17-31)32-28)26-14-19(2)22-10-6-4-8-12-24(22)26/h3-17,30H,1-2H3. The van der Waals surface area contributed by atoms with Crippen molar-refractivity contribution in [2.75, 3.05) is 0 Å². The highest BCUT2D eigenvalue weighted by Crippen LogP contribution is 2.49. The molecule has 160 valence electrons. The van der Waals surface area contributed by atoms with Crippen LogP contribution in [0.1, 0.15) is 42.7 Å². The van der Waals surface area contributed by atoms with Crippen LogP contribution in [0.25, 0.3) is 31.7 Å². The minimum absolute atomic E-state index is 0.131. The molecule has 2 heterocycles. The fraction of sp³-hybridized carbons (Fsp3) is 0.100. The van der Waals surface area contributed by atoms with Gasteiger partial charge in [-0.1, -0.05) is 72.8 Å². The van der Waals surface area contributed by atoms with Crippen LogP contribution in [0.4, 0.5) is 0 Å². The zero-order valence-electron chi connectivity index (χ0n) is 18.5. The second-order valence-corrected chi connectivity index (χ2v) is 10.8. The Morgan fingerprint density at radius 2 is 1.15 bits per heavy atom. The van der Waals surface area contributed by atoms with E-state index >= 15 is 0 Å². The Labute approximate surface area is 201 Å². The highest BCUT2D eigenvalue weighted by Gasteiger charge is 2.29. The molecular weight excluding hydrogens is 440 g/mol. The molecule has 4 aliphatic rings. The summed E-state index contributed by atoms with van der Waals surface area (Å²) < 4.78 is 2.39. The van der Waals surface area contributed by atoms with E-state index in [1.165, 1.54) is 58.8 Å². The van der Waals surface area contributed by atoms with Gasteiger partial charge in [-0.3, -0.25) is 4.79 Å². The number of carbonyl (C=O) groups is 1. The Morgan fingerprint density at radius 1 is 0.636 bits per heavy atom. The van der Waals surface area contributed by atoms with Gasteiger partial charge < -0.3 is 0 Å². The first-order valence-corrected chi connectivity index (χ1v) is 12.7. The number of aryl methyl sites for hydroxylation is 2. The van der Waals surface area contributed by atoms with E-state index in [9.17, 15) is 4.79 Å². The monoisotopic (exact) mass is 462 g/mol. The Bertz CT molecular complexity index is 1460. The van der Waals surface area contributed by atoms with Crippen LogP contribution in [0.2, 0.25) is 0 Å². The van der Waals surface area contributed by atoms with E-state index in [0.717, 1.165) is 11.2 Å². The molecule has 0 unspecified atom stereocenters. The van der Waals surface area contributed by atoms with Crippen molar-refractivity contribution >= 4 is 38.4 Å². The van der Waals surface area contributed by atoms with Crippen LogP contribution >= 0.6 is 22.7 Å². The molecule has 0 bridgehead atoms. The SMILES string of the molecule is Cc1cc(C(c2cc3sc(C=O)cc3s2)c2cc(C)c3cccccc2-3)c2cccccc1-2. The van der Waals surface area contributed by atoms with Gasteiger partial charge in [-0.25, -0.2) is 0 Å². The van der Waals surface area contributed by atoms with Gasteiger partial charge in [-0.05, 0) is 70.5 Å². The highest BCUT2D eigenvalue weighted by molar-refractivity contribution is 7.28. The molecule has 0 amide bonds. The van der Waals surface area contributed by atoms with Gasteiger partial charge in [0, 0.05) is 20.2 Å². The van der Waals surface area contributed by atoms with Crippen LogP contribution in [0.15, 0.2) is 84.9 Å². The van der Waals surface area contributed by atoms with Gasteiger partial charge in [0.1, 0.15) is 0 Å². The largest absolute Gasteiger partial charge is 0.297 e. The first-order valence-electron chi connectivity index (χ1n) is 11.1. The van der Waals surface area contributed by atoms with Gasteiger partial charge in [-0.2, -0.15) is 0 Å². The van der Waals surface area contributed by atoms with Crippen molar-refractivity contribution in [3.63, 3.8) is 0 Å². The maximum atomic E-state index is 11.3. The molecule has 0 saturated heterocycles. The molecule has 4 aliphatic carbocycles. The summed E-state index contributed by atoms with van der Waals surface area (Å²) in [6, 6.07) is 30.8. The first kappa shape index (κ1) is 20.3. The summed E-state index contributed by atoms with van der Waals surface area (Å²) >= 11 is 3.40. The number of carbonyl (C=O) groups excluding carboxylic acids is 1. The zero-order valence-corrected chi connectivity index (χ0v) is 20.1. The highest BCUT2D eigenvalue weighted by atomic mass is 32.1. The summed E-state index contributed by atoms with van der Waals surface area (Å²) in [5.74, 6) is 0.131. The van der Waals surface area contributed by atoms with Crippen molar-refractivity contribution in [3.8, 4) is 22.3 Å². The molecule has 3 heteroatoms. The topological polar surface area (TPSA) is 17.1 Å². The lowest BCUT2D eigenvalue weighted by molar-refractivity contribution is 0.112. The third-order valence-corrected chi connectivity index (χ3v) is 8.84. The van der Waals surface area contributed by atoms with E-state index in [0.29, 0.717) is 0 Å². The van der Waals surface area contributed by atoms with Crippen molar-refractivity contribution in [2.45, 2.75) is 19.8 Å². The number of rotatable bonds is 4. The average Bonchev–Trinajstić information content (AvgIpc) is 3.39. The zero-order chi connectivity index (χ0) is 22.5. The third kappa shape index (κ3) is 3.31. The summed E-state index contributed by atoms with van der Waals surface area (Å²) in [7, 11) is 0. The predicted molar refractivity (Wildman–Crippen MR) is 142 cm³/mol. The molecule has 0 atom stereocenters. The van der Waals surface area contributed by atoms with Crippen LogP contribution in [0.3, 0.4) is 0 Å². The smallest absolute Gasteiger partial charge is 0.160 e. The van der Waals surface area contributed by atoms with Gasteiger partial charge in [0.25, 0.3) is 0 Å². The molecule has 2 aromatic rings. The molecule has 0 aromatic carbocycles. The van der Waals surface area contributed by atoms with E-state index in [1.807, 2.05) is 17.4 Å². The summed E-state index contributed by atoms with van der Waals surface area (Å²) in [5, 5.41) is 0. The second-order valence-electron chi connectivity index (χ2n) is 8.62. The summed E-state index contributed by atoms with van der Waals surface area (Å²) in [6.07, 6.45) is 0.955. The summed E-state index contributed by atoms with van der Waals surface area (Å²) in [4.78, 5) is 13.4. The number of hydrogen-bond donors (Lipinski definition) is 0. The van der Waals surface area contributed by atoms with Gasteiger partial charge in [0.15, 0.2) is 6.29 Å². The molecule has 33 heavy (non-hydrogen) atoms. The maximum absolute atomic E-state index is 11.3. The first-order chi connectivity index (χ1) is 16.1. The fourth-order valence-corrected chi connectivity index (χ4v) is 7.46. The molecule has 0 radical (unpaired) electrons. The predicted octanol–water partition coefficient (Wildman–Crippen LogP) is 8.78. The minimum Gasteiger partial charge on any atom is -0.297 e. The van der Waals surface area contributed by atoms with Crippen molar-refractivity contribution in [1.29, 1.82) is 0 Å². The molecule has 2 aromatic heterocycles. The second kappa shape index (κ2) is 7.95. The number of fused-ring (bicyclic) bond motifs is 3. The summed E-state index contributed by atoms with van der Waals surface area (Å²) in [6.45, 7) is 4.42. The Kier molecular flexibility index (Phi) is 4.90. The fourth-order valence-electron chi connectivity index (χ4n) is 5.09. The van der Waals surface area contributed by atoms with Crippen molar-refractivity contribution in [3.05, 3.63) is 117 Å². The molecule has 1 nitrogen and oxygen atoms in total. The van der Waals surface area contributed by atoms with Gasteiger partial charge in [-0.15, -0.1) is 22.7 Å². The average molecular weight is 463 g/mol. The Balaban J connectivity index is 1.64. The van der Waals surface area contributed by atoms with E-state index in [2.05, 4.69) is 92.7 Å². The molecule has 0 aliphatic heterocycles. The van der Waals surface area contributed by atoms with Crippen LogP contribution in [0, 0.1) is 13.8 Å². The van der Waals surface area contributed by atoms with Gasteiger partial charge in [0.2, 0.25) is 0 Å². The minimum atomic E-state index is 0.131. The molecule has 0 N–H and O–H groups in total. The van der Waals surface area contributed by atoms with Crippen LogP contribution in [0.5, 0.6) is 0 Å². The van der Waals surface area contributed by atoms with E-state index in [-0.39, 0.29) is 5.92 Å². The number of thiophene rings is 2. The van der Waals surface area contributed by atoms with E-state index in [1.54, 1.807) is 11.3 Å². The number of aldehydes is 1. The van der Waals surface area contributed by atoms with Crippen LogP contribution in [-0.2, 0) is 0 Å². The molecule has 0 fully saturated rings. The van der Waals surface area contributed by atoms with Gasteiger partial charge >= 0.3 is 0 Å². The normalized spacial score (nSPS) is 11.7. The molecule has 0 saturated carbocycles. The lowest BCUT2D eigenvalue weighted by atomic mass is 9.87. The van der Waals surface area contributed by atoms with Crippen molar-refractivity contribution in [1.82, 2.24) is 0 Å². The third-order valence-electron chi connectivity index (χ3n) is 6.56. The maximum Gasteiger partial charge on any atom is 0.160 e. The number of hydrogen-bond acceptors (Lipinski definition) is 3. The lowest BCUT2D eigenvalue weighted by Crippen LogP contribution is -2.01. The summed E-state index contributed by atoms with van der Waals surface area (Å²) in [5.41, 5.74) is 10.5. The van der Waals surface area contributed by atoms with Crippen LogP contribution < -0.4 is 0 Å².